The Morgan fingerprint density at radius 3 is 2.33 bits per heavy atom. The summed E-state index contributed by atoms with van der Waals surface area (Å²) in [7, 11) is -0.0720. The summed E-state index contributed by atoms with van der Waals surface area (Å²) >= 11 is 1.39. The number of thiazole rings is 1. The molecule has 1 aliphatic rings. The monoisotopic (exact) mass is 489 g/mol. The lowest BCUT2D eigenvalue weighted by molar-refractivity contribution is -0.123. The number of hydrogen-bond acceptors (Lipinski definition) is 7. The van der Waals surface area contributed by atoms with Crippen LogP contribution in [0.25, 0.3) is 10.2 Å². The third-order valence-corrected chi connectivity index (χ3v) is 8.25. The average Bonchev–Trinajstić information content (AvgIpc) is 3.27. The molecule has 0 aliphatic carbocycles. The molecule has 0 unspecified atom stereocenters. The molecule has 0 N–H and O–H groups in total. The first-order valence-electron chi connectivity index (χ1n) is 10.6. The molecule has 176 valence electrons. The Balaban J connectivity index is 1.69. The Bertz CT molecular complexity index is 1190. The highest BCUT2D eigenvalue weighted by atomic mass is 32.2. The van der Waals surface area contributed by atoms with Gasteiger partial charge in [-0.05, 0) is 30.5 Å². The molecule has 0 radical (unpaired) electrons. The summed E-state index contributed by atoms with van der Waals surface area (Å²) in [6.45, 7) is 1.06. The lowest BCUT2D eigenvalue weighted by Gasteiger charge is -2.32. The molecule has 1 aromatic heterocycles. The van der Waals surface area contributed by atoms with E-state index >= 15 is 0 Å². The van der Waals surface area contributed by atoms with Crippen LogP contribution in [0.4, 0.5) is 5.13 Å². The number of fused-ring (bicyclic) bond motifs is 1. The van der Waals surface area contributed by atoms with Crippen LogP contribution in [-0.2, 0) is 21.4 Å². The maximum atomic E-state index is 13.7. The van der Waals surface area contributed by atoms with Crippen molar-refractivity contribution in [2.75, 3.05) is 38.5 Å². The van der Waals surface area contributed by atoms with Gasteiger partial charge < -0.3 is 9.47 Å². The second-order valence-electron chi connectivity index (χ2n) is 7.99. The van der Waals surface area contributed by atoms with E-state index < -0.39 is 10.0 Å². The summed E-state index contributed by atoms with van der Waals surface area (Å²) in [6.07, 6.45) is 2.17. The number of hydrogen-bond donors (Lipinski definition) is 0. The number of anilines is 1. The summed E-state index contributed by atoms with van der Waals surface area (Å²) in [5.74, 6) is 0.955. The van der Waals surface area contributed by atoms with E-state index in [2.05, 4.69) is 0 Å². The number of carbonyl (C=O) groups is 1. The quantitative estimate of drug-likeness (QED) is 0.505. The second-order valence-corrected chi connectivity index (χ2v) is 11.0. The first-order chi connectivity index (χ1) is 15.8. The van der Waals surface area contributed by atoms with E-state index in [0.717, 1.165) is 10.3 Å². The van der Waals surface area contributed by atoms with Gasteiger partial charge in [0.15, 0.2) is 5.13 Å². The van der Waals surface area contributed by atoms with Crippen molar-refractivity contribution in [3.05, 3.63) is 48.0 Å². The minimum Gasteiger partial charge on any atom is -0.495 e. The normalized spacial score (nSPS) is 15.5. The number of benzene rings is 2. The molecule has 4 rings (SSSR count). The maximum Gasteiger partial charge on any atom is 0.232 e. The molecule has 0 bridgehead atoms. The number of rotatable bonds is 7. The first kappa shape index (κ1) is 23.5. The standard InChI is InChI=1S/C23H27N3O5S2/c1-30-18-9-10-19(31-2)21-20(18)24-23(32-21)26(15-16-7-5-4-6-8-16)22(27)17-11-13-25(14-12-17)33(3,28)29/h4-10,17H,11-15H2,1-3H3. The highest BCUT2D eigenvalue weighted by molar-refractivity contribution is 7.88. The topological polar surface area (TPSA) is 89.0 Å². The molecule has 2 aromatic carbocycles. The SMILES string of the molecule is COc1ccc(OC)c2sc(N(Cc3ccccc3)C(=O)C3CCN(S(C)(=O)=O)CC3)nc12. The Kier molecular flexibility index (Phi) is 6.87. The van der Waals surface area contributed by atoms with Crippen molar-refractivity contribution in [2.45, 2.75) is 19.4 Å². The molecule has 0 saturated carbocycles. The van der Waals surface area contributed by atoms with E-state index in [-0.39, 0.29) is 11.8 Å². The molecule has 1 saturated heterocycles. The number of nitrogens with zero attached hydrogens (tertiary/aromatic N) is 3. The highest BCUT2D eigenvalue weighted by Gasteiger charge is 2.33. The molecule has 33 heavy (non-hydrogen) atoms. The molecule has 0 spiro atoms. The van der Waals surface area contributed by atoms with Gasteiger partial charge in [0.05, 0.1) is 27.0 Å². The minimum absolute atomic E-state index is 0.0519. The fraction of sp³-hybridized carbons (Fsp3) is 0.391. The smallest absolute Gasteiger partial charge is 0.232 e. The number of aromatic nitrogens is 1. The van der Waals surface area contributed by atoms with Gasteiger partial charge in [0, 0.05) is 19.0 Å². The fourth-order valence-corrected chi connectivity index (χ4v) is 6.00. The number of carbonyl (C=O) groups excluding carboxylic acids is 1. The van der Waals surface area contributed by atoms with Crippen LogP contribution in [0.2, 0.25) is 0 Å². The van der Waals surface area contributed by atoms with Crippen molar-refractivity contribution in [1.82, 2.24) is 9.29 Å². The summed E-state index contributed by atoms with van der Waals surface area (Å²) in [6, 6.07) is 13.4. The Morgan fingerprint density at radius 1 is 1.09 bits per heavy atom. The Hall–Kier alpha value is -2.69. The lowest BCUT2D eigenvalue weighted by atomic mass is 9.96. The molecule has 0 atom stereocenters. The number of sulfonamides is 1. The number of ether oxygens (including phenoxy) is 2. The van der Waals surface area contributed by atoms with E-state index in [9.17, 15) is 13.2 Å². The summed E-state index contributed by atoms with van der Waals surface area (Å²) in [4.78, 5) is 20.2. The van der Waals surface area contributed by atoms with E-state index in [4.69, 9.17) is 14.5 Å². The molecule has 10 heteroatoms. The molecule has 8 nitrogen and oxygen atoms in total. The van der Waals surface area contributed by atoms with Crippen LogP contribution in [-0.4, -0.2) is 57.2 Å². The largest absolute Gasteiger partial charge is 0.495 e. The van der Waals surface area contributed by atoms with Crippen molar-refractivity contribution >= 4 is 42.6 Å². The van der Waals surface area contributed by atoms with Crippen molar-refractivity contribution < 1.29 is 22.7 Å². The molecule has 1 aliphatic heterocycles. The predicted molar refractivity (Wildman–Crippen MR) is 129 cm³/mol. The van der Waals surface area contributed by atoms with Gasteiger partial charge in [0.25, 0.3) is 0 Å². The summed E-state index contributed by atoms with van der Waals surface area (Å²) in [5.41, 5.74) is 1.63. The van der Waals surface area contributed by atoms with Crippen molar-refractivity contribution in [2.24, 2.45) is 5.92 Å². The number of piperidine rings is 1. The molecule has 3 aromatic rings. The van der Waals surface area contributed by atoms with Crippen LogP contribution >= 0.6 is 11.3 Å². The van der Waals surface area contributed by atoms with Crippen LogP contribution < -0.4 is 14.4 Å². The third-order valence-electron chi connectivity index (χ3n) is 5.85. The van der Waals surface area contributed by atoms with Crippen LogP contribution in [0.1, 0.15) is 18.4 Å². The molecule has 2 heterocycles. The van der Waals surface area contributed by atoms with E-state index in [1.165, 1.54) is 21.9 Å². The van der Waals surface area contributed by atoms with Crippen LogP contribution in [0.3, 0.4) is 0 Å². The maximum absolute atomic E-state index is 13.7. The molecule has 1 amide bonds. The van der Waals surface area contributed by atoms with E-state index in [1.54, 1.807) is 25.2 Å². The van der Waals surface area contributed by atoms with Gasteiger partial charge in [-0.15, -0.1) is 0 Å². The zero-order chi connectivity index (χ0) is 23.6. The zero-order valence-corrected chi connectivity index (χ0v) is 20.5. The van der Waals surface area contributed by atoms with Crippen molar-refractivity contribution in [3.8, 4) is 11.5 Å². The fourth-order valence-electron chi connectivity index (χ4n) is 4.05. The average molecular weight is 490 g/mol. The van der Waals surface area contributed by atoms with Gasteiger partial charge in [-0.1, -0.05) is 41.7 Å². The van der Waals surface area contributed by atoms with Crippen LogP contribution in [0.15, 0.2) is 42.5 Å². The zero-order valence-electron chi connectivity index (χ0n) is 18.9. The number of methoxy groups -OCH3 is 2. The number of amides is 1. The Labute approximate surface area is 197 Å². The van der Waals surface area contributed by atoms with E-state index in [1.807, 2.05) is 36.4 Å². The van der Waals surface area contributed by atoms with Crippen LogP contribution in [0, 0.1) is 5.92 Å². The van der Waals surface area contributed by atoms with Gasteiger partial charge in [-0.2, -0.15) is 0 Å². The second kappa shape index (κ2) is 9.66. The van der Waals surface area contributed by atoms with Gasteiger partial charge in [-0.3, -0.25) is 9.69 Å². The Morgan fingerprint density at radius 2 is 1.73 bits per heavy atom. The van der Waals surface area contributed by atoms with Gasteiger partial charge >= 0.3 is 0 Å². The van der Waals surface area contributed by atoms with Gasteiger partial charge in [0.1, 0.15) is 21.7 Å². The van der Waals surface area contributed by atoms with Crippen LogP contribution in [0.5, 0.6) is 11.5 Å². The first-order valence-corrected chi connectivity index (χ1v) is 13.3. The minimum atomic E-state index is -3.26. The summed E-state index contributed by atoms with van der Waals surface area (Å²) < 4.78 is 37.0. The van der Waals surface area contributed by atoms with Gasteiger partial charge in [0.2, 0.25) is 15.9 Å². The highest BCUT2D eigenvalue weighted by Crippen LogP contribution is 2.41. The predicted octanol–water partition coefficient (Wildman–Crippen LogP) is 3.52. The van der Waals surface area contributed by atoms with E-state index in [0.29, 0.717) is 54.6 Å². The lowest BCUT2D eigenvalue weighted by Crippen LogP contribution is -2.44. The molecule has 1 fully saturated rings. The molecular weight excluding hydrogens is 462 g/mol. The summed E-state index contributed by atoms with van der Waals surface area (Å²) in [5, 5.41) is 0.562. The van der Waals surface area contributed by atoms with Gasteiger partial charge in [-0.25, -0.2) is 17.7 Å². The van der Waals surface area contributed by atoms with Crippen molar-refractivity contribution in [3.63, 3.8) is 0 Å². The molecular formula is C23H27N3O5S2. The third kappa shape index (κ3) is 4.97. The van der Waals surface area contributed by atoms with Crippen molar-refractivity contribution in [1.29, 1.82) is 0 Å².